The third kappa shape index (κ3) is 4.43. The van der Waals surface area contributed by atoms with Gasteiger partial charge in [-0.15, -0.1) is 0 Å². The van der Waals surface area contributed by atoms with Gasteiger partial charge >= 0.3 is 0 Å². The summed E-state index contributed by atoms with van der Waals surface area (Å²) in [6, 6.07) is 7.74. The fourth-order valence-corrected chi connectivity index (χ4v) is 3.37. The van der Waals surface area contributed by atoms with Crippen molar-refractivity contribution in [2.24, 2.45) is 0 Å². The molecule has 24 heavy (non-hydrogen) atoms. The average molecular weight is 327 g/mol. The van der Waals surface area contributed by atoms with Gasteiger partial charge in [-0.1, -0.05) is 44.2 Å². The van der Waals surface area contributed by atoms with Crippen LogP contribution in [0.25, 0.3) is 11.0 Å². The topological polar surface area (TPSA) is 74.8 Å². The number of carbonyl (C=O) groups excluding carboxylic acids is 1. The lowest BCUT2D eigenvalue weighted by atomic mass is 9.96. The summed E-state index contributed by atoms with van der Waals surface area (Å²) in [5.41, 5.74) is 1.71. The number of benzene rings is 1. The molecule has 1 saturated carbocycles. The lowest BCUT2D eigenvalue weighted by Gasteiger charge is -2.21. The summed E-state index contributed by atoms with van der Waals surface area (Å²) < 4.78 is 0. The Labute approximate surface area is 141 Å². The van der Waals surface area contributed by atoms with Gasteiger partial charge in [0, 0.05) is 18.9 Å². The zero-order valence-electron chi connectivity index (χ0n) is 14.0. The van der Waals surface area contributed by atoms with Crippen molar-refractivity contribution in [2.75, 3.05) is 0 Å². The second-order valence-electron chi connectivity index (χ2n) is 6.64. The molecule has 0 spiro atoms. The average Bonchev–Trinajstić information content (AvgIpc) is 2.55. The number of nitrogens with one attached hydrogen (secondary N) is 2. The number of aryl methyl sites for hydroxylation is 1. The lowest BCUT2D eigenvalue weighted by molar-refractivity contribution is -0.121. The van der Waals surface area contributed by atoms with Crippen LogP contribution in [0.4, 0.5) is 0 Å². The standard InChI is InChI=1S/C19H25N3O2/c23-18(20-14-8-4-2-1-3-5-9-14)13-12-17-19(24)22-16-11-7-6-10-15(16)21-17/h6-7,10-11,14H,1-5,8-9,12-13H2,(H,20,23)(H,22,24). The van der Waals surface area contributed by atoms with E-state index in [9.17, 15) is 9.59 Å². The van der Waals surface area contributed by atoms with Crippen molar-refractivity contribution in [3.8, 4) is 0 Å². The van der Waals surface area contributed by atoms with Gasteiger partial charge in [-0.25, -0.2) is 4.98 Å². The highest BCUT2D eigenvalue weighted by Gasteiger charge is 2.15. The van der Waals surface area contributed by atoms with Crippen LogP contribution in [0.5, 0.6) is 0 Å². The number of rotatable bonds is 4. The SMILES string of the molecule is O=C(CCc1nc2ccccc2[nH]c1=O)NC1CCCCCCC1. The largest absolute Gasteiger partial charge is 0.353 e. The Morgan fingerprint density at radius 2 is 1.83 bits per heavy atom. The second kappa shape index (κ2) is 8.08. The van der Waals surface area contributed by atoms with Gasteiger partial charge in [0.1, 0.15) is 5.69 Å². The zero-order valence-corrected chi connectivity index (χ0v) is 14.0. The van der Waals surface area contributed by atoms with E-state index < -0.39 is 0 Å². The predicted molar refractivity (Wildman–Crippen MR) is 94.9 cm³/mol. The number of hydrogen-bond donors (Lipinski definition) is 2. The summed E-state index contributed by atoms with van der Waals surface area (Å²) in [6.45, 7) is 0. The van der Waals surface area contributed by atoms with E-state index in [1.807, 2.05) is 24.3 Å². The molecular weight excluding hydrogens is 302 g/mol. The minimum Gasteiger partial charge on any atom is -0.353 e. The van der Waals surface area contributed by atoms with Crippen molar-refractivity contribution >= 4 is 16.9 Å². The van der Waals surface area contributed by atoms with Gasteiger partial charge < -0.3 is 10.3 Å². The Balaban J connectivity index is 1.57. The van der Waals surface area contributed by atoms with Gasteiger partial charge in [-0.3, -0.25) is 9.59 Å². The minimum absolute atomic E-state index is 0.0231. The number of H-pyrrole nitrogens is 1. The molecular formula is C19H25N3O2. The van der Waals surface area contributed by atoms with Crippen molar-refractivity contribution in [3.05, 3.63) is 40.3 Å². The molecule has 0 saturated heterocycles. The quantitative estimate of drug-likeness (QED) is 0.906. The minimum atomic E-state index is -0.201. The Morgan fingerprint density at radius 3 is 2.62 bits per heavy atom. The summed E-state index contributed by atoms with van der Waals surface area (Å²) in [5.74, 6) is 0.0231. The number of para-hydroxylation sites is 2. The normalized spacial score (nSPS) is 16.5. The monoisotopic (exact) mass is 327 g/mol. The molecule has 1 amide bonds. The van der Waals surface area contributed by atoms with E-state index in [2.05, 4.69) is 15.3 Å². The van der Waals surface area contributed by atoms with E-state index in [4.69, 9.17) is 0 Å². The van der Waals surface area contributed by atoms with E-state index in [1.54, 1.807) is 0 Å². The molecule has 1 aromatic heterocycles. The van der Waals surface area contributed by atoms with Crippen LogP contribution in [0, 0.1) is 0 Å². The van der Waals surface area contributed by atoms with Crippen molar-refractivity contribution < 1.29 is 4.79 Å². The van der Waals surface area contributed by atoms with Crippen molar-refractivity contribution in [3.63, 3.8) is 0 Å². The molecule has 1 aliphatic rings. The van der Waals surface area contributed by atoms with Gasteiger partial charge in [0.2, 0.25) is 5.91 Å². The summed E-state index contributed by atoms with van der Waals surface area (Å²) in [7, 11) is 0. The Kier molecular flexibility index (Phi) is 5.62. The van der Waals surface area contributed by atoms with Crippen LogP contribution in [0.1, 0.15) is 57.1 Å². The fourth-order valence-electron chi connectivity index (χ4n) is 3.37. The van der Waals surface area contributed by atoms with Crippen LogP contribution in [0.3, 0.4) is 0 Å². The second-order valence-corrected chi connectivity index (χ2v) is 6.64. The Hall–Kier alpha value is -2.17. The molecule has 5 heteroatoms. The van der Waals surface area contributed by atoms with Gasteiger partial charge in [0.25, 0.3) is 5.56 Å². The fraction of sp³-hybridized carbons (Fsp3) is 0.526. The van der Waals surface area contributed by atoms with E-state index in [0.717, 1.165) is 23.9 Å². The highest BCUT2D eigenvalue weighted by atomic mass is 16.1. The van der Waals surface area contributed by atoms with Gasteiger partial charge in [0.15, 0.2) is 0 Å². The maximum Gasteiger partial charge on any atom is 0.270 e. The van der Waals surface area contributed by atoms with Crippen LogP contribution < -0.4 is 10.9 Å². The molecule has 128 valence electrons. The first-order chi connectivity index (χ1) is 11.7. The molecule has 0 atom stereocenters. The van der Waals surface area contributed by atoms with Crippen molar-refractivity contribution in [2.45, 2.75) is 63.8 Å². The maximum absolute atomic E-state index is 12.2. The first-order valence-corrected chi connectivity index (χ1v) is 9.00. The van der Waals surface area contributed by atoms with Gasteiger partial charge in [0.05, 0.1) is 11.0 Å². The molecule has 1 fully saturated rings. The van der Waals surface area contributed by atoms with Crippen molar-refractivity contribution in [1.82, 2.24) is 15.3 Å². The Bertz CT molecular complexity index is 746. The first kappa shape index (κ1) is 16.7. The molecule has 2 aromatic rings. The molecule has 1 aliphatic carbocycles. The van der Waals surface area contributed by atoms with E-state index in [0.29, 0.717) is 24.6 Å². The maximum atomic E-state index is 12.2. The number of aromatic amines is 1. The molecule has 3 rings (SSSR count). The number of nitrogens with zero attached hydrogens (tertiary/aromatic N) is 1. The summed E-state index contributed by atoms with van der Waals surface area (Å²) in [6.07, 6.45) is 9.06. The molecule has 1 heterocycles. The van der Waals surface area contributed by atoms with Crippen LogP contribution in [0.2, 0.25) is 0 Å². The Morgan fingerprint density at radius 1 is 1.12 bits per heavy atom. The van der Waals surface area contributed by atoms with Gasteiger partial charge in [-0.05, 0) is 25.0 Å². The number of carbonyl (C=O) groups is 1. The predicted octanol–water partition coefficient (Wildman–Crippen LogP) is 3.08. The molecule has 2 N–H and O–H groups in total. The number of hydrogen-bond acceptors (Lipinski definition) is 3. The highest BCUT2D eigenvalue weighted by molar-refractivity contribution is 5.77. The van der Waals surface area contributed by atoms with E-state index in [-0.39, 0.29) is 11.5 Å². The van der Waals surface area contributed by atoms with Crippen LogP contribution in [-0.4, -0.2) is 21.9 Å². The first-order valence-electron chi connectivity index (χ1n) is 9.00. The molecule has 0 unspecified atom stereocenters. The van der Waals surface area contributed by atoms with E-state index >= 15 is 0 Å². The summed E-state index contributed by atoms with van der Waals surface area (Å²) in [4.78, 5) is 31.5. The van der Waals surface area contributed by atoms with Crippen LogP contribution >= 0.6 is 0 Å². The van der Waals surface area contributed by atoms with Crippen LogP contribution in [-0.2, 0) is 11.2 Å². The number of amides is 1. The van der Waals surface area contributed by atoms with Gasteiger partial charge in [-0.2, -0.15) is 0 Å². The summed E-state index contributed by atoms with van der Waals surface area (Å²) >= 11 is 0. The lowest BCUT2D eigenvalue weighted by Crippen LogP contribution is -2.35. The third-order valence-corrected chi connectivity index (χ3v) is 4.73. The summed E-state index contributed by atoms with van der Waals surface area (Å²) in [5, 5.41) is 3.13. The molecule has 5 nitrogen and oxygen atoms in total. The number of aromatic nitrogens is 2. The molecule has 0 bridgehead atoms. The molecule has 1 aromatic carbocycles. The zero-order chi connectivity index (χ0) is 16.8. The smallest absolute Gasteiger partial charge is 0.270 e. The van der Waals surface area contributed by atoms with Crippen LogP contribution in [0.15, 0.2) is 29.1 Å². The third-order valence-electron chi connectivity index (χ3n) is 4.73. The molecule has 0 radical (unpaired) electrons. The highest BCUT2D eigenvalue weighted by Crippen LogP contribution is 2.17. The number of fused-ring (bicyclic) bond motifs is 1. The molecule has 0 aliphatic heterocycles. The van der Waals surface area contributed by atoms with E-state index in [1.165, 1.54) is 32.1 Å². The van der Waals surface area contributed by atoms with Crippen molar-refractivity contribution in [1.29, 1.82) is 0 Å².